The Balaban J connectivity index is 1.72. The van der Waals surface area contributed by atoms with Crippen molar-refractivity contribution in [3.63, 3.8) is 0 Å². The van der Waals surface area contributed by atoms with E-state index in [0.717, 1.165) is 38.7 Å². The lowest BCUT2D eigenvalue weighted by atomic mass is 10.1. The lowest BCUT2D eigenvalue weighted by molar-refractivity contribution is -0.140. The number of rotatable bonds is 5. The Hall–Kier alpha value is -2.32. The van der Waals surface area contributed by atoms with E-state index in [0.29, 0.717) is 21.5 Å². The van der Waals surface area contributed by atoms with Crippen molar-refractivity contribution in [3.8, 4) is 0 Å². The fourth-order valence-electron chi connectivity index (χ4n) is 3.27. The third-order valence-electron chi connectivity index (χ3n) is 4.63. The van der Waals surface area contributed by atoms with E-state index < -0.39 is 18.4 Å². The van der Waals surface area contributed by atoms with Gasteiger partial charge in [-0.3, -0.25) is 14.5 Å². The predicted molar refractivity (Wildman–Crippen MR) is 125 cm³/mol. The summed E-state index contributed by atoms with van der Waals surface area (Å²) in [5.41, 5.74) is 2.74. The summed E-state index contributed by atoms with van der Waals surface area (Å²) in [6.45, 7) is 0.0865. The highest BCUT2D eigenvalue weighted by Gasteiger charge is 2.33. The van der Waals surface area contributed by atoms with Crippen molar-refractivity contribution in [2.45, 2.75) is 6.54 Å². The minimum absolute atomic E-state index is 0.241. The highest BCUT2D eigenvalue weighted by molar-refractivity contribution is 8.26. The lowest BCUT2D eigenvalue weighted by Crippen LogP contribution is -2.33. The molecule has 0 atom stereocenters. The molecule has 4 rings (SSSR count). The number of aromatic nitrogens is 1. The van der Waals surface area contributed by atoms with Crippen molar-refractivity contribution in [2.75, 3.05) is 6.54 Å². The first-order valence-corrected chi connectivity index (χ1v) is 10.8. The maximum atomic E-state index is 12.6. The molecular weight excluding hydrogens is 463 g/mol. The molecule has 1 fully saturated rings. The first-order chi connectivity index (χ1) is 14.3. The molecule has 152 valence electrons. The number of hydrogen-bond donors (Lipinski definition) is 1. The van der Waals surface area contributed by atoms with Crippen molar-refractivity contribution in [1.29, 1.82) is 0 Å². The molecule has 1 N–H and O–H groups in total. The molecule has 1 amide bonds. The van der Waals surface area contributed by atoms with E-state index in [1.54, 1.807) is 18.2 Å². The molecule has 3 aromatic rings. The van der Waals surface area contributed by atoms with E-state index in [9.17, 15) is 9.59 Å². The quantitative estimate of drug-likeness (QED) is 0.400. The van der Waals surface area contributed by atoms with Gasteiger partial charge >= 0.3 is 5.97 Å². The molecule has 30 heavy (non-hydrogen) atoms. The molecule has 1 aromatic heterocycles. The number of nitrogens with zero attached hydrogens (tertiary/aromatic N) is 2. The maximum absolute atomic E-state index is 12.6. The number of halogens is 2. The van der Waals surface area contributed by atoms with Crippen LogP contribution in [0.5, 0.6) is 0 Å². The standard InChI is InChI=1S/C21H14Cl2N2O3S2/c22-14-6-5-12(16(23)8-14)9-24-10-13(15-3-1-2-4-17(15)24)7-18-20(28)25(11-19(26)27)21(29)30-18/h1-8,10H,9,11H2,(H,26,27). The Morgan fingerprint density at radius 1 is 1.20 bits per heavy atom. The zero-order chi connectivity index (χ0) is 21.4. The molecule has 1 aliphatic heterocycles. The van der Waals surface area contributed by atoms with Crippen LogP contribution < -0.4 is 0 Å². The summed E-state index contributed by atoms with van der Waals surface area (Å²) in [4.78, 5) is 25.1. The minimum Gasteiger partial charge on any atom is -0.480 e. The zero-order valence-electron chi connectivity index (χ0n) is 15.3. The van der Waals surface area contributed by atoms with Crippen molar-refractivity contribution >= 4 is 80.4 Å². The molecule has 9 heteroatoms. The third-order valence-corrected chi connectivity index (χ3v) is 6.59. The Kier molecular flexibility index (Phi) is 5.88. The van der Waals surface area contributed by atoms with Crippen LogP contribution in [0.15, 0.2) is 53.6 Å². The van der Waals surface area contributed by atoms with E-state index in [-0.39, 0.29) is 4.32 Å². The van der Waals surface area contributed by atoms with E-state index in [2.05, 4.69) is 0 Å². The van der Waals surface area contributed by atoms with Crippen LogP contribution in [0.3, 0.4) is 0 Å². The van der Waals surface area contributed by atoms with Crippen molar-refractivity contribution < 1.29 is 14.7 Å². The number of para-hydroxylation sites is 1. The fourth-order valence-corrected chi connectivity index (χ4v) is 4.98. The van der Waals surface area contributed by atoms with Crippen LogP contribution in [0, 0.1) is 0 Å². The maximum Gasteiger partial charge on any atom is 0.323 e. The van der Waals surface area contributed by atoms with E-state index in [1.165, 1.54) is 0 Å². The van der Waals surface area contributed by atoms with Gasteiger partial charge in [-0.1, -0.05) is 71.4 Å². The summed E-state index contributed by atoms with van der Waals surface area (Å²) in [6, 6.07) is 13.2. The Morgan fingerprint density at radius 2 is 1.97 bits per heavy atom. The molecule has 5 nitrogen and oxygen atoms in total. The molecule has 0 unspecified atom stereocenters. The average Bonchev–Trinajstić information content (AvgIpc) is 3.16. The van der Waals surface area contributed by atoms with Gasteiger partial charge in [-0.15, -0.1) is 0 Å². The molecule has 0 radical (unpaired) electrons. The van der Waals surface area contributed by atoms with Gasteiger partial charge in [-0.2, -0.15) is 0 Å². The predicted octanol–water partition coefficient (Wildman–Crippen LogP) is 5.28. The largest absolute Gasteiger partial charge is 0.480 e. The minimum atomic E-state index is -1.11. The summed E-state index contributed by atoms with van der Waals surface area (Å²) in [5.74, 6) is -1.51. The van der Waals surface area contributed by atoms with E-state index in [1.807, 2.05) is 41.1 Å². The number of hydrogen-bond acceptors (Lipinski definition) is 4. The number of carbonyl (C=O) groups excluding carboxylic acids is 1. The van der Waals surface area contributed by atoms with Crippen LogP contribution in [0.2, 0.25) is 10.0 Å². The molecule has 1 aliphatic rings. The SMILES string of the molecule is O=C(O)CN1C(=O)C(=Cc2cn(Cc3ccc(Cl)cc3Cl)c3ccccc23)SC1=S. The molecule has 0 aliphatic carbocycles. The Morgan fingerprint density at radius 3 is 2.70 bits per heavy atom. The van der Waals surface area contributed by atoms with Gasteiger partial charge in [0.15, 0.2) is 0 Å². The summed E-state index contributed by atoms with van der Waals surface area (Å²) >= 11 is 18.6. The second kappa shape index (κ2) is 8.43. The molecule has 1 saturated heterocycles. The first-order valence-electron chi connectivity index (χ1n) is 8.82. The summed E-state index contributed by atoms with van der Waals surface area (Å²) in [7, 11) is 0. The normalized spacial score (nSPS) is 15.5. The average molecular weight is 477 g/mol. The van der Waals surface area contributed by atoms with Crippen LogP contribution in [0.25, 0.3) is 17.0 Å². The lowest BCUT2D eigenvalue weighted by Gasteiger charge is -2.10. The number of aliphatic carboxylic acids is 1. The highest BCUT2D eigenvalue weighted by atomic mass is 35.5. The number of carboxylic acids is 1. The number of carbonyl (C=O) groups is 2. The van der Waals surface area contributed by atoms with Crippen LogP contribution in [0.1, 0.15) is 11.1 Å². The van der Waals surface area contributed by atoms with Crippen LogP contribution in [0.4, 0.5) is 0 Å². The highest BCUT2D eigenvalue weighted by Crippen LogP contribution is 2.34. The molecular formula is C21H14Cl2N2O3S2. The molecule has 0 bridgehead atoms. The van der Waals surface area contributed by atoms with Gasteiger partial charge in [0.05, 0.1) is 4.91 Å². The topological polar surface area (TPSA) is 62.5 Å². The van der Waals surface area contributed by atoms with Crippen LogP contribution in [-0.4, -0.2) is 37.3 Å². The fraction of sp³-hybridized carbons (Fsp3) is 0.0952. The molecule has 0 saturated carbocycles. The van der Waals surface area contributed by atoms with Crippen molar-refractivity contribution in [2.24, 2.45) is 0 Å². The van der Waals surface area contributed by atoms with Crippen LogP contribution in [-0.2, 0) is 16.1 Å². The van der Waals surface area contributed by atoms with Gasteiger partial charge in [0.2, 0.25) is 0 Å². The Bertz CT molecular complexity index is 1240. The first kappa shape index (κ1) is 20.9. The van der Waals surface area contributed by atoms with Gasteiger partial charge < -0.3 is 9.67 Å². The van der Waals surface area contributed by atoms with Crippen molar-refractivity contribution in [3.05, 3.63) is 74.7 Å². The van der Waals surface area contributed by atoms with Gasteiger partial charge in [-0.05, 0) is 29.8 Å². The van der Waals surface area contributed by atoms with Crippen molar-refractivity contribution in [1.82, 2.24) is 9.47 Å². The summed E-state index contributed by atoms with van der Waals surface area (Å²) < 4.78 is 2.29. The molecule has 2 aromatic carbocycles. The zero-order valence-corrected chi connectivity index (χ0v) is 18.5. The van der Waals surface area contributed by atoms with Gasteiger partial charge in [0.1, 0.15) is 10.9 Å². The summed E-state index contributed by atoms with van der Waals surface area (Å²) in [6.07, 6.45) is 3.70. The monoisotopic (exact) mass is 476 g/mol. The number of amides is 1. The molecule has 2 heterocycles. The van der Waals surface area contributed by atoms with Crippen LogP contribution >= 0.6 is 47.2 Å². The number of thiocarbonyl (C=S) groups is 1. The Labute approximate surface area is 191 Å². The smallest absolute Gasteiger partial charge is 0.323 e. The van der Waals surface area contributed by atoms with Gasteiger partial charge in [-0.25, -0.2) is 0 Å². The van der Waals surface area contributed by atoms with E-state index in [4.69, 9.17) is 40.5 Å². The number of thioether (sulfide) groups is 1. The molecule has 0 spiro atoms. The number of carboxylic acid groups (broad SMARTS) is 1. The van der Waals surface area contributed by atoms with Gasteiger partial charge in [0.25, 0.3) is 5.91 Å². The summed E-state index contributed by atoms with van der Waals surface area (Å²) in [5, 5.41) is 11.1. The second-order valence-electron chi connectivity index (χ2n) is 6.63. The van der Waals surface area contributed by atoms with E-state index >= 15 is 0 Å². The number of fused-ring (bicyclic) bond motifs is 1. The third kappa shape index (κ3) is 4.11. The number of benzene rings is 2. The second-order valence-corrected chi connectivity index (χ2v) is 9.15. The van der Waals surface area contributed by atoms with Gasteiger partial charge in [0, 0.05) is 39.3 Å².